The van der Waals surface area contributed by atoms with Crippen LogP contribution in [0.5, 0.6) is 11.6 Å². The van der Waals surface area contributed by atoms with Crippen molar-refractivity contribution in [2.75, 3.05) is 32.2 Å². The van der Waals surface area contributed by atoms with Crippen molar-refractivity contribution in [3.63, 3.8) is 0 Å². The first-order valence-corrected chi connectivity index (χ1v) is 9.88. The second-order valence-electron chi connectivity index (χ2n) is 7.15. The van der Waals surface area contributed by atoms with Crippen LogP contribution < -0.4 is 14.4 Å². The molecule has 1 saturated heterocycles. The van der Waals surface area contributed by atoms with E-state index in [1.54, 1.807) is 26.5 Å². The van der Waals surface area contributed by atoms with Crippen LogP contribution in [0.3, 0.4) is 0 Å². The van der Waals surface area contributed by atoms with E-state index >= 15 is 0 Å². The van der Waals surface area contributed by atoms with Crippen molar-refractivity contribution in [2.24, 2.45) is 0 Å². The fraction of sp³-hybridized carbons (Fsp3) is 0.381. The average Bonchev–Trinajstić information content (AvgIpc) is 3.17. The fourth-order valence-electron chi connectivity index (χ4n) is 3.59. The van der Waals surface area contributed by atoms with Crippen molar-refractivity contribution in [2.45, 2.75) is 25.6 Å². The third kappa shape index (κ3) is 4.74. The molecular weight excluding hydrogens is 408 g/mol. The van der Waals surface area contributed by atoms with Gasteiger partial charge in [0.25, 0.3) is 0 Å². The molecular formula is C21H23F2N5O3. The summed E-state index contributed by atoms with van der Waals surface area (Å²) >= 11 is 0. The third-order valence-corrected chi connectivity index (χ3v) is 5.04. The van der Waals surface area contributed by atoms with Crippen LogP contribution in [0, 0.1) is 11.6 Å². The maximum absolute atomic E-state index is 13.4. The highest BCUT2D eigenvalue weighted by Gasteiger charge is 2.26. The van der Waals surface area contributed by atoms with Crippen molar-refractivity contribution in [3.8, 4) is 17.3 Å². The van der Waals surface area contributed by atoms with Gasteiger partial charge >= 0.3 is 0 Å². The Hall–Kier alpha value is -3.27. The number of nitrogens with zero attached hydrogens (tertiary/aromatic N) is 5. The van der Waals surface area contributed by atoms with E-state index in [9.17, 15) is 8.78 Å². The molecule has 3 heterocycles. The maximum atomic E-state index is 13.4. The summed E-state index contributed by atoms with van der Waals surface area (Å²) in [5, 5.41) is 8.65. The zero-order valence-electron chi connectivity index (χ0n) is 17.3. The van der Waals surface area contributed by atoms with Crippen LogP contribution in [0.1, 0.15) is 18.7 Å². The summed E-state index contributed by atoms with van der Waals surface area (Å²) in [5.74, 6) is 0.732. The van der Waals surface area contributed by atoms with Gasteiger partial charge in [0.2, 0.25) is 11.8 Å². The highest BCUT2D eigenvalue weighted by molar-refractivity contribution is 5.44. The van der Waals surface area contributed by atoms with Gasteiger partial charge in [-0.1, -0.05) is 0 Å². The summed E-state index contributed by atoms with van der Waals surface area (Å²) < 4.78 is 44.9. The largest absolute Gasteiger partial charge is 0.490 e. The molecule has 8 nitrogen and oxygen atoms in total. The second-order valence-corrected chi connectivity index (χ2v) is 7.15. The van der Waals surface area contributed by atoms with E-state index in [2.05, 4.69) is 20.1 Å². The van der Waals surface area contributed by atoms with Crippen LogP contribution in [0.4, 0.5) is 14.7 Å². The molecule has 0 aliphatic carbocycles. The molecule has 0 bridgehead atoms. The first-order chi connectivity index (χ1) is 15.1. The van der Waals surface area contributed by atoms with Crippen LogP contribution in [-0.2, 0) is 11.3 Å². The summed E-state index contributed by atoms with van der Waals surface area (Å²) in [5.41, 5.74) is 0.793. The first kappa shape index (κ1) is 21.0. The maximum Gasteiger partial charge on any atom is 0.232 e. The Morgan fingerprint density at radius 3 is 2.39 bits per heavy atom. The average molecular weight is 431 g/mol. The minimum atomic E-state index is -0.653. The smallest absolute Gasteiger partial charge is 0.232 e. The van der Waals surface area contributed by atoms with Crippen molar-refractivity contribution in [3.05, 3.63) is 54.0 Å². The van der Waals surface area contributed by atoms with Crippen molar-refractivity contribution >= 4 is 5.95 Å². The lowest BCUT2D eigenvalue weighted by molar-refractivity contribution is 0.168. The number of anilines is 1. The van der Waals surface area contributed by atoms with Crippen LogP contribution in [0.25, 0.3) is 5.69 Å². The van der Waals surface area contributed by atoms with E-state index in [1.165, 1.54) is 12.1 Å². The molecule has 1 aromatic carbocycles. The lowest BCUT2D eigenvalue weighted by Gasteiger charge is -2.32. The molecule has 0 N–H and O–H groups in total. The Labute approximate surface area is 178 Å². The molecule has 0 amide bonds. The minimum absolute atomic E-state index is 0.144. The third-order valence-electron chi connectivity index (χ3n) is 5.04. The quantitative estimate of drug-likeness (QED) is 0.569. The van der Waals surface area contributed by atoms with Crippen LogP contribution in [0.15, 0.2) is 36.5 Å². The number of piperidine rings is 1. The molecule has 0 radical (unpaired) electrons. The van der Waals surface area contributed by atoms with Gasteiger partial charge in [-0.05, 0) is 6.07 Å². The van der Waals surface area contributed by atoms with Gasteiger partial charge in [-0.25, -0.2) is 13.8 Å². The molecule has 0 saturated carbocycles. The fourth-order valence-corrected chi connectivity index (χ4v) is 3.59. The van der Waals surface area contributed by atoms with E-state index in [0.29, 0.717) is 50.2 Å². The Kier molecular flexibility index (Phi) is 6.26. The summed E-state index contributed by atoms with van der Waals surface area (Å²) in [6, 6.07) is 6.87. The molecule has 4 rings (SSSR count). The van der Waals surface area contributed by atoms with Crippen molar-refractivity contribution in [1.82, 2.24) is 19.7 Å². The van der Waals surface area contributed by atoms with E-state index in [-0.39, 0.29) is 11.9 Å². The molecule has 3 aromatic rings. The monoisotopic (exact) mass is 431 g/mol. The molecule has 31 heavy (non-hydrogen) atoms. The number of hydrogen-bond acceptors (Lipinski definition) is 7. The van der Waals surface area contributed by atoms with Crippen molar-refractivity contribution < 1.29 is 23.0 Å². The van der Waals surface area contributed by atoms with Crippen LogP contribution >= 0.6 is 0 Å². The Balaban J connectivity index is 1.50. The number of ether oxygens (including phenoxy) is 3. The number of aromatic nitrogens is 4. The summed E-state index contributed by atoms with van der Waals surface area (Å²) in [6.07, 6.45) is 2.89. The van der Waals surface area contributed by atoms with Gasteiger partial charge in [0.15, 0.2) is 5.82 Å². The lowest BCUT2D eigenvalue weighted by atomic mass is 10.1. The second kappa shape index (κ2) is 9.25. The Bertz CT molecular complexity index is 1000. The number of halogens is 2. The normalized spacial score (nSPS) is 14.6. The highest BCUT2D eigenvalue weighted by Crippen LogP contribution is 2.26. The topological polar surface area (TPSA) is 74.5 Å². The minimum Gasteiger partial charge on any atom is -0.490 e. The van der Waals surface area contributed by atoms with Gasteiger partial charge in [-0.3, -0.25) is 4.57 Å². The molecule has 1 aliphatic rings. The predicted molar refractivity (Wildman–Crippen MR) is 109 cm³/mol. The van der Waals surface area contributed by atoms with E-state index in [1.807, 2.05) is 10.6 Å². The standard InChI is InChI=1S/C21H23F2N5O3/c1-29-13-19-25-26-21(28(19)16-3-4-20(30-2)24-12-16)27-7-5-17(6-8-27)31-18-10-14(22)9-15(23)11-18/h3-4,9-12,17H,5-8,13H2,1-2H3. The highest BCUT2D eigenvalue weighted by atomic mass is 19.1. The molecule has 0 unspecified atom stereocenters. The summed E-state index contributed by atoms with van der Waals surface area (Å²) in [6.45, 7) is 1.60. The van der Waals surface area contributed by atoms with E-state index < -0.39 is 11.6 Å². The Morgan fingerprint density at radius 2 is 1.77 bits per heavy atom. The van der Waals surface area contributed by atoms with E-state index in [4.69, 9.17) is 14.2 Å². The summed E-state index contributed by atoms with van der Waals surface area (Å²) in [4.78, 5) is 6.37. The summed E-state index contributed by atoms with van der Waals surface area (Å²) in [7, 11) is 3.16. The molecule has 0 spiro atoms. The van der Waals surface area contributed by atoms with Gasteiger partial charge in [-0.15, -0.1) is 10.2 Å². The van der Waals surface area contributed by atoms with Crippen molar-refractivity contribution in [1.29, 1.82) is 0 Å². The zero-order chi connectivity index (χ0) is 21.8. The van der Waals surface area contributed by atoms with Gasteiger partial charge in [-0.2, -0.15) is 0 Å². The Morgan fingerprint density at radius 1 is 1.03 bits per heavy atom. The lowest BCUT2D eigenvalue weighted by Crippen LogP contribution is -2.39. The van der Waals surface area contributed by atoms with Crippen LogP contribution in [0.2, 0.25) is 0 Å². The molecule has 10 heteroatoms. The molecule has 164 valence electrons. The number of rotatable bonds is 7. The van der Waals surface area contributed by atoms with Gasteiger partial charge in [0.05, 0.1) is 19.0 Å². The van der Waals surface area contributed by atoms with E-state index in [0.717, 1.165) is 11.8 Å². The predicted octanol–water partition coefficient (Wildman–Crippen LogP) is 3.14. The molecule has 1 fully saturated rings. The number of methoxy groups -OCH3 is 2. The number of benzene rings is 1. The molecule has 0 atom stereocenters. The first-order valence-electron chi connectivity index (χ1n) is 9.88. The molecule has 2 aromatic heterocycles. The SMILES string of the molecule is COCc1nnc(N2CCC(Oc3cc(F)cc(F)c3)CC2)n1-c1ccc(OC)nc1. The number of hydrogen-bond donors (Lipinski definition) is 0. The van der Waals surface area contributed by atoms with Crippen LogP contribution in [-0.4, -0.2) is 53.2 Å². The van der Waals surface area contributed by atoms with Gasteiger partial charge < -0.3 is 19.1 Å². The van der Waals surface area contributed by atoms with Gasteiger partial charge in [0, 0.05) is 57.3 Å². The molecule has 1 aliphatic heterocycles. The van der Waals surface area contributed by atoms with Gasteiger partial charge in [0.1, 0.15) is 30.1 Å². The number of pyridine rings is 1. The zero-order valence-corrected chi connectivity index (χ0v) is 17.3.